The van der Waals surface area contributed by atoms with Crippen LogP contribution in [0.4, 0.5) is 0 Å². The van der Waals surface area contributed by atoms with Crippen molar-refractivity contribution in [2.24, 2.45) is 5.92 Å². The van der Waals surface area contributed by atoms with E-state index in [0.717, 1.165) is 31.8 Å². The molecule has 1 aromatic carbocycles. The molecule has 3 nitrogen and oxygen atoms in total. The lowest BCUT2D eigenvalue weighted by atomic mass is 9.90. The third kappa shape index (κ3) is 5.94. The minimum Gasteiger partial charge on any atom is -0.389 e. The zero-order valence-corrected chi connectivity index (χ0v) is 15.1. The Labute approximate surface area is 147 Å². The average molecular weight is 329 g/mol. The van der Waals surface area contributed by atoms with E-state index < -0.39 is 11.7 Å². The number of hydrogen-bond donors (Lipinski definition) is 1. The maximum Gasteiger partial charge on any atom is 0.125 e. The molecular formula is C21H31NO2. The monoisotopic (exact) mass is 329 g/mol. The van der Waals surface area contributed by atoms with Crippen molar-refractivity contribution in [2.75, 3.05) is 26.2 Å². The van der Waals surface area contributed by atoms with Crippen molar-refractivity contribution in [1.29, 1.82) is 0 Å². The first-order valence-electron chi connectivity index (χ1n) is 9.10. The smallest absolute Gasteiger partial charge is 0.125 e. The predicted molar refractivity (Wildman–Crippen MR) is 98.8 cm³/mol. The summed E-state index contributed by atoms with van der Waals surface area (Å²) in [6, 6.07) is 10.7. The molecule has 2 rings (SSSR count). The highest BCUT2D eigenvalue weighted by atomic mass is 16.5. The van der Waals surface area contributed by atoms with Crippen LogP contribution in [0.2, 0.25) is 0 Å². The number of aliphatic hydroxyl groups excluding tert-OH is 1. The number of aliphatic hydroxyl groups is 1. The Kier molecular flexibility index (Phi) is 7.30. The van der Waals surface area contributed by atoms with Crippen LogP contribution < -0.4 is 0 Å². The normalized spacial score (nSPS) is 20.2. The second kappa shape index (κ2) is 9.22. The first kappa shape index (κ1) is 19.0. The number of benzene rings is 1. The van der Waals surface area contributed by atoms with Crippen LogP contribution in [0.1, 0.15) is 38.7 Å². The zero-order valence-electron chi connectivity index (χ0n) is 15.1. The highest BCUT2D eigenvalue weighted by Gasteiger charge is 2.24. The van der Waals surface area contributed by atoms with Crippen LogP contribution in [0.3, 0.4) is 0 Å². The van der Waals surface area contributed by atoms with E-state index in [1.54, 1.807) is 0 Å². The number of likely N-dealkylation sites (tertiary alicyclic amines) is 1. The van der Waals surface area contributed by atoms with Crippen molar-refractivity contribution < 1.29 is 9.84 Å². The van der Waals surface area contributed by atoms with Crippen LogP contribution in [-0.2, 0) is 11.2 Å². The molecule has 1 heterocycles. The van der Waals surface area contributed by atoms with E-state index >= 15 is 0 Å². The largest absolute Gasteiger partial charge is 0.389 e. The molecular weight excluding hydrogens is 298 g/mol. The fourth-order valence-electron chi connectivity index (χ4n) is 3.20. The molecule has 24 heavy (non-hydrogen) atoms. The van der Waals surface area contributed by atoms with Crippen molar-refractivity contribution in [3.05, 3.63) is 35.9 Å². The Morgan fingerprint density at radius 2 is 2.00 bits per heavy atom. The van der Waals surface area contributed by atoms with Gasteiger partial charge in [-0.2, -0.15) is 0 Å². The Bertz CT molecular complexity index is 516. The van der Waals surface area contributed by atoms with Crippen molar-refractivity contribution in [3.8, 4) is 12.3 Å². The van der Waals surface area contributed by atoms with Gasteiger partial charge in [0.2, 0.25) is 0 Å². The van der Waals surface area contributed by atoms with Gasteiger partial charge in [0, 0.05) is 6.54 Å². The van der Waals surface area contributed by atoms with E-state index in [0.29, 0.717) is 13.2 Å². The Morgan fingerprint density at radius 1 is 1.33 bits per heavy atom. The molecule has 1 aliphatic heterocycles. The molecule has 0 amide bonds. The van der Waals surface area contributed by atoms with Gasteiger partial charge in [-0.1, -0.05) is 43.2 Å². The van der Waals surface area contributed by atoms with Gasteiger partial charge in [0.05, 0.1) is 12.7 Å². The van der Waals surface area contributed by atoms with Crippen LogP contribution in [0.25, 0.3) is 0 Å². The summed E-state index contributed by atoms with van der Waals surface area (Å²) < 4.78 is 5.72. The van der Waals surface area contributed by atoms with E-state index in [-0.39, 0.29) is 0 Å². The molecule has 0 radical (unpaired) electrons. The van der Waals surface area contributed by atoms with Crippen molar-refractivity contribution in [1.82, 2.24) is 4.90 Å². The topological polar surface area (TPSA) is 32.7 Å². The summed E-state index contributed by atoms with van der Waals surface area (Å²) in [5, 5.41) is 10.2. The van der Waals surface area contributed by atoms with E-state index in [1.807, 2.05) is 13.8 Å². The van der Waals surface area contributed by atoms with Crippen LogP contribution >= 0.6 is 0 Å². The Balaban J connectivity index is 1.68. The minimum absolute atomic E-state index is 0.304. The molecule has 1 aliphatic rings. The summed E-state index contributed by atoms with van der Waals surface area (Å²) >= 11 is 0. The maximum absolute atomic E-state index is 10.2. The van der Waals surface area contributed by atoms with Gasteiger partial charge in [0.25, 0.3) is 0 Å². The number of terminal acetylenes is 1. The van der Waals surface area contributed by atoms with Crippen molar-refractivity contribution >= 4 is 0 Å². The van der Waals surface area contributed by atoms with Gasteiger partial charge in [-0.15, -0.1) is 6.42 Å². The molecule has 1 N–H and O–H groups in total. The summed E-state index contributed by atoms with van der Waals surface area (Å²) in [7, 11) is 0. The van der Waals surface area contributed by atoms with Gasteiger partial charge in [-0.25, -0.2) is 0 Å². The summed E-state index contributed by atoms with van der Waals surface area (Å²) in [5.74, 6) is 3.42. The predicted octanol–water partition coefficient (Wildman–Crippen LogP) is 3.12. The number of β-amino-alcohol motifs (C(OH)–C–C–N with tert-alkyl or cyclic N) is 1. The maximum atomic E-state index is 10.2. The first-order chi connectivity index (χ1) is 11.5. The lowest BCUT2D eigenvalue weighted by Gasteiger charge is -2.33. The van der Waals surface area contributed by atoms with E-state index in [9.17, 15) is 5.11 Å². The number of hydrogen-bond acceptors (Lipinski definition) is 3. The second-order valence-corrected chi connectivity index (χ2v) is 7.13. The highest BCUT2D eigenvalue weighted by Crippen LogP contribution is 2.22. The van der Waals surface area contributed by atoms with Gasteiger partial charge in [0.15, 0.2) is 0 Å². The summed E-state index contributed by atoms with van der Waals surface area (Å²) in [6.45, 7) is 6.98. The van der Waals surface area contributed by atoms with Crippen molar-refractivity contribution in [2.45, 2.75) is 51.2 Å². The van der Waals surface area contributed by atoms with Crippen LogP contribution in [0, 0.1) is 18.3 Å². The van der Waals surface area contributed by atoms with Crippen molar-refractivity contribution in [3.63, 3.8) is 0 Å². The molecule has 0 bridgehead atoms. The molecule has 1 fully saturated rings. The zero-order chi connectivity index (χ0) is 17.4. The Hall–Kier alpha value is -1.34. The SMILES string of the molecule is C#C[C@](C)(CC)OC[C@H](O)CN1CCC(Cc2ccccc2)CC1. The van der Waals surface area contributed by atoms with Gasteiger partial charge in [0.1, 0.15) is 5.60 Å². The molecule has 0 aromatic heterocycles. The lowest BCUT2D eigenvalue weighted by molar-refractivity contribution is -0.0491. The van der Waals surface area contributed by atoms with E-state index in [1.165, 1.54) is 18.4 Å². The van der Waals surface area contributed by atoms with Gasteiger partial charge >= 0.3 is 0 Å². The van der Waals surface area contributed by atoms with Gasteiger partial charge < -0.3 is 14.7 Å². The molecule has 1 saturated heterocycles. The van der Waals surface area contributed by atoms with E-state index in [4.69, 9.17) is 11.2 Å². The quantitative estimate of drug-likeness (QED) is 0.744. The number of piperidine rings is 1. The molecule has 0 spiro atoms. The standard InChI is InChI=1S/C21H31NO2/c1-4-21(3,5-2)24-17-20(23)16-22-13-11-19(12-14-22)15-18-9-7-6-8-10-18/h1,6-10,19-20,23H,5,11-17H2,2-3H3/t20-,21-/m1/s1. The molecule has 3 heteroatoms. The third-order valence-corrected chi connectivity index (χ3v) is 5.12. The summed E-state index contributed by atoms with van der Waals surface area (Å²) in [6.07, 6.45) is 9.33. The number of ether oxygens (including phenoxy) is 1. The Morgan fingerprint density at radius 3 is 2.58 bits per heavy atom. The average Bonchev–Trinajstić information content (AvgIpc) is 2.62. The number of rotatable bonds is 8. The van der Waals surface area contributed by atoms with Gasteiger partial charge in [-0.3, -0.25) is 0 Å². The third-order valence-electron chi connectivity index (χ3n) is 5.12. The van der Waals surface area contributed by atoms with Crippen LogP contribution in [0.15, 0.2) is 30.3 Å². The summed E-state index contributed by atoms with van der Waals surface area (Å²) in [5.41, 5.74) is 0.862. The second-order valence-electron chi connectivity index (χ2n) is 7.13. The first-order valence-corrected chi connectivity index (χ1v) is 9.10. The minimum atomic E-state index is -0.566. The number of nitrogens with zero attached hydrogens (tertiary/aromatic N) is 1. The molecule has 0 saturated carbocycles. The molecule has 132 valence electrons. The molecule has 1 aromatic rings. The van der Waals surface area contributed by atoms with Gasteiger partial charge in [-0.05, 0) is 57.2 Å². The molecule has 2 atom stereocenters. The van der Waals surface area contributed by atoms with Crippen LogP contribution in [-0.4, -0.2) is 48.0 Å². The summed E-state index contributed by atoms with van der Waals surface area (Å²) in [4.78, 5) is 2.34. The molecule has 0 aliphatic carbocycles. The fraction of sp³-hybridized carbons (Fsp3) is 0.619. The van der Waals surface area contributed by atoms with Crippen LogP contribution in [0.5, 0.6) is 0 Å². The fourth-order valence-corrected chi connectivity index (χ4v) is 3.20. The lowest BCUT2D eigenvalue weighted by Crippen LogP contribution is -2.41. The van der Waals surface area contributed by atoms with E-state index in [2.05, 4.69) is 41.2 Å². The highest BCUT2D eigenvalue weighted by molar-refractivity contribution is 5.15. The molecule has 0 unspecified atom stereocenters.